The Labute approximate surface area is 111 Å². The lowest BCUT2D eigenvalue weighted by atomic mass is 9.94. The fourth-order valence-electron chi connectivity index (χ4n) is 3.33. The molecule has 0 aromatic heterocycles. The maximum atomic E-state index is 6.07. The monoisotopic (exact) mass is 246 g/mol. The fourth-order valence-corrected chi connectivity index (χ4v) is 3.33. The van der Waals surface area contributed by atoms with E-state index in [-0.39, 0.29) is 5.54 Å². The zero-order chi connectivity index (χ0) is 13.3. The SMILES string of the molecule is Cc1ccc(C(CN)N2CCCC2(C)C)c(C)c1. The van der Waals surface area contributed by atoms with Crippen LogP contribution in [0.2, 0.25) is 0 Å². The van der Waals surface area contributed by atoms with Gasteiger partial charge in [0.1, 0.15) is 0 Å². The van der Waals surface area contributed by atoms with Crippen molar-refractivity contribution in [2.75, 3.05) is 13.1 Å². The van der Waals surface area contributed by atoms with E-state index in [0.717, 1.165) is 0 Å². The van der Waals surface area contributed by atoms with Gasteiger partial charge in [-0.05, 0) is 58.2 Å². The zero-order valence-corrected chi connectivity index (χ0v) is 12.2. The molecule has 100 valence electrons. The molecular weight excluding hydrogens is 220 g/mol. The minimum Gasteiger partial charge on any atom is -0.329 e. The van der Waals surface area contributed by atoms with Crippen molar-refractivity contribution < 1.29 is 0 Å². The van der Waals surface area contributed by atoms with Crippen LogP contribution in [0.4, 0.5) is 0 Å². The highest BCUT2D eigenvalue weighted by Crippen LogP contribution is 2.36. The summed E-state index contributed by atoms with van der Waals surface area (Å²) in [5.74, 6) is 0. The molecule has 0 spiro atoms. The molecule has 2 nitrogen and oxygen atoms in total. The summed E-state index contributed by atoms with van der Waals surface area (Å²) in [5.41, 5.74) is 10.4. The quantitative estimate of drug-likeness (QED) is 0.887. The Hall–Kier alpha value is -0.860. The van der Waals surface area contributed by atoms with Crippen LogP contribution in [0.15, 0.2) is 18.2 Å². The van der Waals surface area contributed by atoms with Crippen molar-refractivity contribution in [3.05, 3.63) is 34.9 Å². The Kier molecular flexibility index (Phi) is 3.79. The van der Waals surface area contributed by atoms with Crippen LogP contribution in [0, 0.1) is 13.8 Å². The van der Waals surface area contributed by atoms with Crippen LogP contribution >= 0.6 is 0 Å². The Balaban J connectivity index is 2.33. The summed E-state index contributed by atoms with van der Waals surface area (Å²) in [6.07, 6.45) is 2.56. The normalized spacial score (nSPS) is 21.2. The number of hydrogen-bond acceptors (Lipinski definition) is 2. The highest BCUT2D eigenvalue weighted by molar-refractivity contribution is 5.33. The molecule has 1 aliphatic rings. The first-order valence-corrected chi connectivity index (χ1v) is 6.99. The second-order valence-corrected chi connectivity index (χ2v) is 6.22. The van der Waals surface area contributed by atoms with Crippen molar-refractivity contribution in [3.63, 3.8) is 0 Å². The molecular formula is C16H26N2. The minimum atomic E-state index is 0.279. The van der Waals surface area contributed by atoms with Gasteiger partial charge < -0.3 is 5.73 Å². The van der Waals surface area contributed by atoms with Gasteiger partial charge in [-0.3, -0.25) is 4.90 Å². The van der Waals surface area contributed by atoms with E-state index in [1.807, 2.05) is 0 Å². The Morgan fingerprint density at radius 1 is 1.33 bits per heavy atom. The second kappa shape index (κ2) is 5.02. The Morgan fingerprint density at radius 2 is 2.06 bits per heavy atom. The molecule has 0 radical (unpaired) electrons. The summed E-state index contributed by atoms with van der Waals surface area (Å²) < 4.78 is 0. The fraction of sp³-hybridized carbons (Fsp3) is 0.625. The summed E-state index contributed by atoms with van der Waals surface area (Å²) >= 11 is 0. The smallest absolute Gasteiger partial charge is 0.0478 e. The Morgan fingerprint density at radius 3 is 2.56 bits per heavy atom. The molecule has 1 aromatic carbocycles. The van der Waals surface area contributed by atoms with E-state index >= 15 is 0 Å². The van der Waals surface area contributed by atoms with Crippen molar-refractivity contribution in [1.29, 1.82) is 0 Å². The van der Waals surface area contributed by atoms with Crippen LogP contribution < -0.4 is 5.73 Å². The van der Waals surface area contributed by atoms with Gasteiger partial charge in [0.25, 0.3) is 0 Å². The van der Waals surface area contributed by atoms with Gasteiger partial charge >= 0.3 is 0 Å². The molecule has 2 rings (SSSR count). The molecule has 1 unspecified atom stereocenters. The van der Waals surface area contributed by atoms with E-state index in [1.54, 1.807) is 0 Å². The molecule has 1 saturated heterocycles. The van der Waals surface area contributed by atoms with E-state index in [1.165, 1.54) is 36.1 Å². The van der Waals surface area contributed by atoms with Gasteiger partial charge in [-0.1, -0.05) is 23.8 Å². The summed E-state index contributed by atoms with van der Waals surface area (Å²) in [4.78, 5) is 2.59. The first-order chi connectivity index (χ1) is 8.45. The average molecular weight is 246 g/mol. The lowest BCUT2D eigenvalue weighted by Crippen LogP contribution is -2.43. The van der Waals surface area contributed by atoms with Gasteiger partial charge in [0, 0.05) is 18.1 Å². The average Bonchev–Trinajstić information content (AvgIpc) is 2.63. The second-order valence-electron chi connectivity index (χ2n) is 6.22. The largest absolute Gasteiger partial charge is 0.329 e. The zero-order valence-electron chi connectivity index (χ0n) is 12.2. The number of benzene rings is 1. The van der Waals surface area contributed by atoms with Gasteiger partial charge in [-0.2, -0.15) is 0 Å². The number of rotatable bonds is 3. The standard InChI is InChI=1S/C16H26N2/c1-12-6-7-14(13(2)10-12)15(11-17)18-9-5-8-16(18,3)4/h6-7,10,15H,5,8-9,11,17H2,1-4H3. The van der Waals surface area contributed by atoms with Crippen molar-refractivity contribution in [2.24, 2.45) is 5.73 Å². The van der Waals surface area contributed by atoms with E-state index in [2.05, 4.69) is 50.8 Å². The first-order valence-electron chi connectivity index (χ1n) is 6.99. The number of aryl methyl sites for hydroxylation is 2. The van der Waals surface area contributed by atoms with Gasteiger partial charge in [-0.15, -0.1) is 0 Å². The van der Waals surface area contributed by atoms with Gasteiger partial charge in [0.2, 0.25) is 0 Å². The molecule has 2 heteroatoms. The predicted octanol–water partition coefficient (Wildman–Crippen LogP) is 3.18. The van der Waals surface area contributed by atoms with Crippen LogP contribution in [0.3, 0.4) is 0 Å². The highest BCUT2D eigenvalue weighted by Gasteiger charge is 2.37. The topological polar surface area (TPSA) is 29.3 Å². The van der Waals surface area contributed by atoms with E-state index in [9.17, 15) is 0 Å². The molecule has 0 aliphatic carbocycles. The molecule has 0 amide bonds. The molecule has 0 saturated carbocycles. The van der Waals surface area contributed by atoms with Gasteiger partial charge in [0.15, 0.2) is 0 Å². The predicted molar refractivity (Wildman–Crippen MR) is 77.7 cm³/mol. The molecule has 18 heavy (non-hydrogen) atoms. The summed E-state index contributed by atoms with van der Waals surface area (Å²) in [6.45, 7) is 10.9. The third kappa shape index (κ3) is 2.45. The van der Waals surface area contributed by atoms with Crippen LogP contribution in [-0.4, -0.2) is 23.5 Å². The maximum Gasteiger partial charge on any atom is 0.0478 e. The summed E-state index contributed by atoms with van der Waals surface area (Å²) in [7, 11) is 0. The molecule has 1 aromatic rings. The third-order valence-electron chi connectivity index (χ3n) is 4.35. The molecule has 1 fully saturated rings. The third-order valence-corrected chi connectivity index (χ3v) is 4.35. The molecule has 1 aliphatic heterocycles. The van der Waals surface area contributed by atoms with Crippen molar-refractivity contribution in [1.82, 2.24) is 4.90 Å². The highest BCUT2D eigenvalue weighted by atomic mass is 15.2. The molecule has 2 N–H and O–H groups in total. The minimum absolute atomic E-state index is 0.279. The summed E-state index contributed by atoms with van der Waals surface area (Å²) in [6, 6.07) is 7.09. The van der Waals surface area contributed by atoms with Gasteiger partial charge in [0.05, 0.1) is 0 Å². The molecule has 1 atom stereocenters. The number of hydrogen-bond donors (Lipinski definition) is 1. The Bertz CT molecular complexity index is 423. The maximum absolute atomic E-state index is 6.07. The summed E-state index contributed by atoms with van der Waals surface area (Å²) in [5, 5.41) is 0. The first kappa shape index (κ1) is 13.6. The van der Waals surface area contributed by atoms with Gasteiger partial charge in [-0.25, -0.2) is 0 Å². The van der Waals surface area contributed by atoms with Crippen LogP contribution in [0.25, 0.3) is 0 Å². The lowest BCUT2D eigenvalue weighted by molar-refractivity contribution is 0.119. The lowest BCUT2D eigenvalue weighted by Gasteiger charge is -2.38. The van der Waals surface area contributed by atoms with Crippen molar-refractivity contribution in [2.45, 2.75) is 52.1 Å². The van der Waals surface area contributed by atoms with Crippen molar-refractivity contribution in [3.8, 4) is 0 Å². The van der Waals surface area contributed by atoms with E-state index in [4.69, 9.17) is 5.73 Å². The van der Waals surface area contributed by atoms with Crippen LogP contribution in [0.1, 0.15) is 49.4 Å². The van der Waals surface area contributed by atoms with Crippen LogP contribution in [-0.2, 0) is 0 Å². The van der Waals surface area contributed by atoms with Crippen LogP contribution in [0.5, 0.6) is 0 Å². The van der Waals surface area contributed by atoms with Crippen molar-refractivity contribution >= 4 is 0 Å². The number of nitrogens with two attached hydrogens (primary N) is 1. The van der Waals surface area contributed by atoms with E-state index in [0.29, 0.717) is 12.6 Å². The molecule has 1 heterocycles. The number of likely N-dealkylation sites (tertiary alicyclic amines) is 1. The number of nitrogens with zero attached hydrogens (tertiary/aromatic N) is 1. The molecule has 0 bridgehead atoms. The van der Waals surface area contributed by atoms with E-state index < -0.39 is 0 Å².